The van der Waals surface area contributed by atoms with Crippen LogP contribution >= 0.6 is 23.2 Å². The van der Waals surface area contributed by atoms with Crippen LogP contribution in [0.15, 0.2) is 58.4 Å². The summed E-state index contributed by atoms with van der Waals surface area (Å²) >= 11 is 13.3. The van der Waals surface area contributed by atoms with Crippen molar-refractivity contribution in [2.75, 3.05) is 19.0 Å². The number of nitrogens with one attached hydrogen (secondary N) is 2. The Morgan fingerprint density at radius 1 is 1.17 bits per heavy atom. The van der Waals surface area contributed by atoms with Crippen LogP contribution in [-0.4, -0.2) is 49.9 Å². The Kier molecular flexibility index (Phi) is 9.24. The standard InChI is InChI=1S/C28H28Cl2N6O5/c1-15(37)12-31-13-17-10-20(29)24(34-26(17)41-4)16-8-9-32-22(11-16)18-6-5-7-21(23(18)30)33-25(38)19-14-35(2)28(40)36(3)27(19)39/h5-11,14-15,31,37H,12-13H2,1-4H3,(H,33,38)/t15-/m1/s1. The van der Waals surface area contributed by atoms with Gasteiger partial charge in [0, 0.05) is 56.3 Å². The van der Waals surface area contributed by atoms with Crippen LogP contribution < -0.4 is 26.6 Å². The molecule has 0 aliphatic heterocycles. The molecule has 0 aliphatic carbocycles. The minimum absolute atomic E-state index is 0.198. The Balaban J connectivity index is 1.66. The molecule has 0 bridgehead atoms. The summed E-state index contributed by atoms with van der Waals surface area (Å²) in [6.07, 6.45) is 2.27. The predicted molar refractivity (Wildman–Crippen MR) is 158 cm³/mol. The van der Waals surface area contributed by atoms with Crippen LogP contribution in [0.25, 0.3) is 22.5 Å². The predicted octanol–water partition coefficient (Wildman–Crippen LogP) is 3.25. The third-order valence-corrected chi connectivity index (χ3v) is 6.91. The lowest BCUT2D eigenvalue weighted by Crippen LogP contribution is -2.40. The average molecular weight is 599 g/mol. The monoisotopic (exact) mass is 598 g/mol. The van der Waals surface area contributed by atoms with Crippen LogP contribution in [0, 0.1) is 0 Å². The zero-order valence-corrected chi connectivity index (χ0v) is 24.2. The van der Waals surface area contributed by atoms with Gasteiger partial charge in [0.1, 0.15) is 5.56 Å². The maximum Gasteiger partial charge on any atom is 0.330 e. The molecule has 1 atom stereocenters. The van der Waals surface area contributed by atoms with E-state index in [4.69, 9.17) is 27.9 Å². The van der Waals surface area contributed by atoms with Gasteiger partial charge < -0.3 is 25.0 Å². The van der Waals surface area contributed by atoms with E-state index in [9.17, 15) is 19.5 Å². The number of amides is 1. The number of aliphatic hydroxyl groups excluding tert-OH is 1. The van der Waals surface area contributed by atoms with Crippen molar-refractivity contribution in [3.63, 3.8) is 0 Å². The number of benzene rings is 1. The molecule has 41 heavy (non-hydrogen) atoms. The fourth-order valence-corrected chi connectivity index (χ4v) is 4.69. The van der Waals surface area contributed by atoms with E-state index in [0.717, 1.165) is 14.7 Å². The van der Waals surface area contributed by atoms with E-state index < -0.39 is 23.3 Å². The van der Waals surface area contributed by atoms with E-state index in [1.807, 2.05) is 0 Å². The lowest BCUT2D eigenvalue weighted by Gasteiger charge is -2.14. The van der Waals surface area contributed by atoms with E-state index in [1.165, 1.54) is 27.4 Å². The van der Waals surface area contributed by atoms with Crippen LogP contribution in [0.4, 0.5) is 5.69 Å². The van der Waals surface area contributed by atoms with Gasteiger partial charge in [-0.05, 0) is 31.2 Å². The van der Waals surface area contributed by atoms with Crippen molar-refractivity contribution in [2.45, 2.75) is 19.6 Å². The molecule has 0 aliphatic rings. The summed E-state index contributed by atoms with van der Waals surface area (Å²) < 4.78 is 7.49. The Bertz CT molecular complexity index is 1730. The van der Waals surface area contributed by atoms with Crippen molar-refractivity contribution in [1.29, 1.82) is 0 Å². The molecule has 0 saturated carbocycles. The van der Waals surface area contributed by atoms with Crippen LogP contribution in [0.5, 0.6) is 5.88 Å². The third-order valence-electron chi connectivity index (χ3n) is 6.21. The first kappa shape index (κ1) is 29.9. The second-order valence-corrected chi connectivity index (χ2v) is 10.1. The van der Waals surface area contributed by atoms with Crippen LogP contribution in [-0.2, 0) is 20.6 Å². The molecule has 0 radical (unpaired) electrons. The minimum Gasteiger partial charge on any atom is -0.481 e. The number of hydrogen-bond acceptors (Lipinski definition) is 8. The molecule has 1 aromatic carbocycles. The topological polar surface area (TPSA) is 140 Å². The zero-order valence-electron chi connectivity index (χ0n) is 22.7. The first-order valence-corrected chi connectivity index (χ1v) is 13.2. The SMILES string of the molecule is COc1nc(-c2ccnc(-c3cccc(NC(=O)c4cn(C)c(=O)n(C)c4=O)c3Cl)c2)c(Cl)cc1CNC[C@@H](C)O. The molecule has 4 rings (SSSR count). The maximum absolute atomic E-state index is 12.9. The van der Waals surface area contributed by atoms with Gasteiger partial charge in [-0.3, -0.25) is 19.1 Å². The second kappa shape index (κ2) is 12.6. The highest BCUT2D eigenvalue weighted by Gasteiger charge is 2.19. The average Bonchev–Trinajstić information content (AvgIpc) is 2.95. The summed E-state index contributed by atoms with van der Waals surface area (Å²) in [5.41, 5.74) is 1.63. The highest BCUT2D eigenvalue weighted by Crippen LogP contribution is 2.36. The summed E-state index contributed by atoms with van der Waals surface area (Å²) in [5, 5.41) is 15.9. The zero-order chi connectivity index (χ0) is 29.8. The number of rotatable bonds is 9. The highest BCUT2D eigenvalue weighted by atomic mass is 35.5. The van der Waals surface area contributed by atoms with Crippen molar-refractivity contribution >= 4 is 34.8 Å². The number of nitrogens with zero attached hydrogens (tertiary/aromatic N) is 4. The maximum atomic E-state index is 12.9. The summed E-state index contributed by atoms with van der Waals surface area (Å²) in [6, 6.07) is 10.3. The van der Waals surface area contributed by atoms with Gasteiger partial charge in [-0.1, -0.05) is 35.3 Å². The molecular formula is C28H28Cl2N6O5. The molecule has 0 unspecified atom stereocenters. The van der Waals surface area contributed by atoms with Crippen molar-refractivity contribution in [3.8, 4) is 28.4 Å². The number of carbonyl (C=O) groups excluding carboxylic acids is 1. The van der Waals surface area contributed by atoms with Gasteiger partial charge in [-0.15, -0.1) is 0 Å². The van der Waals surface area contributed by atoms with Gasteiger partial charge in [0.05, 0.1) is 40.3 Å². The molecule has 4 aromatic rings. The number of aromatic nitrogens is 4. The summed E-state index contributed by atoms with van der Waals surface area (Å²) in [4.78, 5) is 46.5. The van der Waals surface area contributed by atoms with E-state index >= 15 is 0 Å². The molecule has 11 nitrogen and oxygen atoms in total. The van der Waals surface area contributed by atoms with Gasteiger partial charge in [0.25, 0.3) is 11.5 Å². The molecule has 3 aromatic heterocycles. The molecule has 0 spiro atoms. The molecule has 0 fully saturated rings. The van der Waals surface area contributed by atoms with E-state index in [-0.39, 0.29) is 16.3 Å². The smallest absolute Gasteiger partial charge is 0.330 e. The van der Waals surface area contributed by atoms with Crippen molar-refractivity contribution in [1.82, 2.24) is 24.4 Å². The molecule has 3 N–H and O–H groups in total. The molecule has 13 heteroatoms. The van der Waals surface area contributed by atoms with E-state index in [2.05, 4.69) is 20.6 Å². The van der Waals surface area contributed by atoms with Crippen molar-refractivity contribution in [3.05, 3.63) is 90.8 Å². The molecule has 0 saturated heterocycles. The van der Waals surface area contributed by atoms with Gasteiger partial charge in [0.2, 0.25) is 5.88 Å². The highest BCUT2D eigenvalue weighted by molar-refractivity contribution is 6.36. The first-order valence-electron chi connectivity index (χ1n) is 12.5. The fraction of sp³-hybridized carbons (Fsp3) is 0.250. The fourth-order valence-electron chi connectivity index (χ4n) is 4.14. The van der Waals surface area contributed by atoms with Crippen LogP contribution in [0.3, 0.4) is 0 Å². The normalized spacial score (nSPS) is 11.8. The number of methoxy groups -OCH3 is 1. The Morgan fingerprint density at radius 3 is 2.63 bits per heavy atom. The molecule has 3 heterocycles. The molecular weight excluding hydrogens is 571 g/mol. The van der Waals surface area contributed by atoms with E-state index in [1.54, 1.807) is 49.5 Å². The number of aliphatic hydroxyl groups is 1. The minimum atomic E-state index is -0.725. The summed E-state index contributed by atoms with van der Waals surface area (Å²) in [7, 11) is 4.26. The van der Waals surface area contributed by atoms with Gasteiger partial charge in [-0.2, -0.15) is 0 Å². The quantitative estimate of drug-likeness (QED) is 0.267. The molecule has 1 amide bonds. The Morgan fingerprint density at radius 2 is 1.93 bits per heavy atom. The van der Waals surface area contributed by atoms with Crippen LogP contribution in [0.1, 0.15) is 22.8 Å². The largest absolute Gasteiger partial charge is 0.481 e. The van der Waals surface area contributed by atoms with Crippen molar-refractivity contribution in [2.24, 2.45) is 14.1 Å². The van der Waals surface area contributed by atoms with Gasteiger partial charge in [-0.25, -0.2) is 9.78 Å². The number of carbonyl (C=O) groups is 1. The first-order chi connectivity index (χ1) is 19.5. The summed E-state index contributed by atoms with van der Waals surface area (Å²) in [5.74, 6) is -0.332. The Hall–Kier alpha value is -4.03. The number of pyridine rings is 2. The molecule has 214 valence electrons. The lowest BCUT2D eigenvalue weighted by atomic mass is 10.1. The van der Waals surface area contributed by atoms with E-state index in [0.29, 0.717) is 46.5 Å². The second-order valence-electron chi connectivity index (χ2n) is 9.32. The Labute approximate surface area is 245 Å². The van der Waals surface area contributed by atoms with Crippen LogP contribution in [0.2, 0.25) is 10.0 Å². The number of anilines is 1. The van der Waals surface area contributed by atoms with Gasteiger partial charge >= 0.3 is 5.69 Å². The number of aryl methyl sites for hydroxylation is 1. The number of halogens is 2. The number of hydrogen-bond donors (Lipinski definition) is 3. The third kappa shape index (κ3) is 6.49. The van der Waals surface area contributed by atoms with Crippen molar-refractivity contribution < 1.29 is 14.6 Å². The van der Waals surface area contributed by atoms with Gasteiger partial charge in [0.15, 0.2) is 0 Å². The number of ether oxygens (including phenoxy) is 1. The summed E-state index contributed by atoms with van der Waals surface area (Å²) in [6.45, 7) is 2.49. The lowest BCUT2D eigenvalue weighted by molar-refractivity contribution is 0.102.